The Morgan fingerprint density at radius 1 is 1.15 bits per heavy atom. The van der Waals surface area contributed by atoms with E-state index in [1.54, 1.807) is 12.1 Å². The Hall–Kier alpha value is -1.36. The summed E-state index contributed by atoms with van der Waals surface area (Å²) in [7, 11) is -1.16. The van der Waals surface area contributed by atoms with Crippen molar-refractivity contribution in [1.29, 1.82) is 0 Å². The van der Waals surface area contributed by atoms with Crippen molar-refractivity contribution < 1.29 is 8.95 Å². The largest absolute Gasteiger partial charge is 0.493 e. The minimum absolute atomic E-state index is 0.367. The first-order chi connectivity index (χ1) is 9.70. The molecular weight excluding hydrogens is 294 g/mol. The molecule has 0 heterocycles. The molecule has 5 heteroatoms. The van der Waals surface area contributed by atoms with Gasteiger partial charge in [-0.2, -0.15) is 0 Å². The molecule has 0 radical (unpaired) electrons. The molecule has 0 aliphatic carbocycles. The Kier molecular flexibility index (Phi) is 5.59. The molecule has 0 amide bonds. The zero-order chi connectivity index (χ0) is 14.4. The van der Waals surface area contributed by atoms with E-state index in [-0.39, 0.29) is 0 Å². The highest BCUT2D eigenvalue weighted by molar-refractivity contribution is 7.85. The van der Waals surface area contributed by atoms with E-state index in [1.807, 2.05) is 36.4 Å². The topological polar surface area (TPSA) is 52.3 Å². The van der Waals surface area contributed by atoms with Crippen LogP contribution in [0.15, 0.2) is 53.4 Å². The molecule has 20 heavy (non-hydrogen) atoms. The van der Waals surface area contributed by atoms with E-state index in [2.05, 4.69) is 0 Å². The summed E-state index contributed by atoms with van der Waals surface area (Å²) in [4.78, 5) is 0.647. The van der Waals surface area contributed by atoms with E-state index in [4.69, 9.17) is 22.1 Å². The maximum Gasteiger partial charge on any atom is 0.119 e. The van der Waals surface area contributed by atoms with Gasteiger partial charge in [0.1, 0.15) is 12.4 Å². The van der Waals surface area contributed by atoms with Crippen molar-refractivity contribution in [3.63, 3.8) is 0 Å². The quantitative estimate of drug-likeness (QED) is 0.892. The summed E-state index contributed by atoms with van der Waals surface area (Å²) in [6, 6.07) is 14.7. The first-order valence-electron chi connectivity index (χ1n) is 6.25. The molecule has 2 rings (SSSR count). The fourth-order valence-corrected chi connectivity index (χ4v) is 3.10. The van der Waals surface area contributed by atoms with Gasteiger partial charge in [0.25, 0.3) is 0 Å². The van der Waals surface area contributed by atoms with Gasteiger partial charge in [0, 0.05) is 6.54 Å². The summed E-state index contributed by atoms with van der Waals surface area (Å²) < 4.78 is 17.7. The third-order valence-electron chi connectivity index (χ3n) is 2.75. The van der Waals surface area contributed by atoms with Crippen LogP contribution in [0.2, 0.25) is 5.02 Å². The molecule has 0 saturated carbocycles. The van der Waals surface area contributed by atoms with Gasteiger partial charge in [-0.3, -0.25) is 4.21 Å². The predicted molar refractivity (Wildman–Crippen MR) is 82.6 cm³/mol. The maximum atomic E-state index is 12.1. The number of hydrogen-bond acceptors (Lipinski definition) is 3. The standard InChI is InChI=1S/C15H16ClNO2S/c16-14-6-1-2-7-15(14)20(18)9-8-19-13-5-3-4-12(10-13)11-17/h1-7,10H,8-9,11,17H2. The van der Waals surface area contributed by atoms with Gasteiger partial charge in [-0.15, -0.1) is 0 Å². The van der Waals surface area contributed by atoms with Gasteiger partial charge >= 0.3 is 0 Å². The number of benzene rings is 2. The molecule has 2 aromatic carbocycles. The highest BCUT2D eigenvalue weighted by atomic mass is 35.5. The van der Waals surface area contributed by atoms with E-state index < -0.39 is 10.8 Å². The Balaban J connectivity index is 1.89. The smallest absolute Gasteiger partial charge is 0.119 e. The molecule has 1 unspecified atom stereocenters. The van der Waals surface area contributed by atoms with Gasteiger partial charge in [0.15, 0.2) is 0 Å². The lowest BCUT2D eigenvalue weighted by Gasteiger charge is -2.08. The molecule has 0 saturated heterocycles. The number of nitrogens with two attached hydrogens (primary N) is 1. The van der Waals surface area contributed by atoms with Crippen LogP contribution in [0.3, 0.4) is 0 Å². The molecule has 2 N–H and O–H groups in total. The van der Waals surface area contributed by atoms with Crippen molar-refractivity contribution >= 4 is 22.4 Å². The summed E-state index contributed by atoms with van der Waals surface area (Å²) in [6.07, 6.45) is 0. The molecule has 1 atom stereocenters. The number of rotatable bonds is 6. The van der Waals surface area contributed by atoms with Gasteiger partial charge in [0.05, 0.1) is 26.5 Å². The van der Waals surface area contributed by atoms with Crippen LogP contribution in [0.25, 0.3) is 0 Å². The van der Waals surface area contributed by atoms with Crippen molar-refractivity contribution in [2.75, 3.05) is 12.4 Å². The van der Waals surface area contributed by atoms with Crippen LogP contribution in [-0.2, 0) is 17.3 Å². The molecule has 0 aromatic heterocycles. The normalized spacial score (nSPS) is 12.1. The molecule has 0 aliphatic rings. The van der Waals surface area contributed by atoms with Gasteiger partial charge in [0.2, 0.25) is 0 Å². The lowest BCUT2D eigenvalue weighted by Crippen LogP contribution is -2.09. The van der Waals surface area contributed by atoms with Crippen LogP contribution in [0.1, 0.15) is 5.56 Å². The lowest BCUT2D eigenvalue weighted by molar-refractivity contribution is 0.342. The number of ether oxygens (including phenoxy) is 1. The predicted octanol–water partition coefficient (Wildman–Crippen LogP) is 2.99. The van der Waals surface area contributed by atoms with Gasteiger partial charge in [-0.1, -0.05) is 35.9 Å². The molecule has 0 fully saturated rings. The van der Waals surface area contributed by atoms with E-state index in [0.29, 0.717) is 28.8 Å². The summed E-state index contributed by atoms with van der Waals surface area (Å²) in [5, 5.41) is 0.524. The first-order valence-corrected chi connectivity index (χ1v) is 7.95. The number of halogens is 1. The monoisotopic (exact) mass is 309 g/mol. The zero-order valence-corrected chi connectivity index (χ0v) is 12.5. The van der Waals surface area contributed by atoms with Crippen LogP contribution in [-0.4, -0.2) is 16.6 Å². The van der Waals surface area contributed by atoms with Crippen molar-refractivity contribution in [2.45, 2.75) is 11.4 Å². The summed E-state index contributed by atoms with van der Waals surface area (Å²) in [5.74, 6) is 1.14. The van der Waals surface area contributed by atoms with Crippen molar-refractivity contribution in [2.24, 2.45) is 5.73 Å². The van der Waals surface area contributed by atoms with Crippen LogP contribution in [0.4, 0.5) is 0 Å². The van der Waals surface area contributed by atoms with Crippen LogP contribution in [0, 0.1) is 0 Å². The molecule has 0 bridgehead atoms. The van der Waals surface area contributed by atoms with Crippen LogP contribution < -0.4 is 10.5 Å². The molecule has 2 aromatic rings. The third-order valence-corrected chi connectivity index (χ3v) is 4.58. The Morgan fingerprint density at radius 2 is 1.95 bits per heavy atom. The average Bonchev–Trinajstić information content (AvgIpc) is 2.48. The second-order valence-electron chi connectivity index (χ2n) is 4.18. The Morgan fingerprint density at radius 3 is 2.70 bits per heavy atom. The SMILES string of the molecule is NCc1cccc(OCCS(=O)c2ccccc2Cl)c1. The van der Waals surface area contributed by atoms with Gasteiger partial charge in [-0.25, -0.2) is 0 Å². The molecule has 3 nitrogen and oxygen atoms in total. The summed E-state index contributed by atoms with van der Waals surface area (Å²) >= 11 is 6.01. The Bertz CT molecular complexity index is 604. The van der Waals surface area contributed by atoms with Crippen LogP contribution >= 0.6 is 11.6 Å². The van der Waals surface area contributed by atoms with Gasteiger partial charge in [-0.05, 0) is 29.8 Å². The minimum atomic E-state index is -1.16. The third kappa shape index (κ3) is 4.07. The highest BCUT2D eigenvalue weighted by Crippen LogP contribution is 2.19. The van der Waals surface area contributed by atoms with E-state index in [1.165, 1.54) is 0 Å². The minimum Gasteiger partial charge on any atom is -0.493 e. The van der Waals surface area contributed by atoms with E-state index in [9.17, 15) is 4.21 Å². The number of hydrogen-bond donors (Lipinski definition) is 1. The Labute approximate surface area is 126 Å². The molecular formula is C15H16ClNO2S. The zero-order valence-electron chi connectivity index (χ0n) is 10.9. The maximum absolute atomic E-state index is 12.1. The van der Waals surface area contributed by atoms with Gasteiger partial charge < -0.3 is 10.5 Å². The molecule has 0 spiro atoms. The molecule has 0 aliphatic heterocycles. The summed E-state index contributed by atoms with van der Waals surface area (Å²) in [6.45, 7) is 0.842. The fraction of sp³-hybridized carbons (Fsp3) is 0.200. The second kappa shape index (κ2) is 7.43. The molecule has 106 valence electrons. The first kappa shape index (κ1) is 15.0. The van der Waals surface area contributed by atoms with Crippen molar-refractivity contribution in [3.8, 4) is 5.75 Å². The van der Waals surface area contributed by atoms with E-state index >= 15 is 0 Å². The second-order valence-corrected chi connectivity index (χ2v) is 6.13. The van der Waals surface area contributed by atoms with Crippen molar-refractivity contribution in [1.82, 2.24) is 0 Å². The summed E-state index contributed by atoms with van der Waals surface area (Å²) in [5.41, 5.74) is 6.58. The van der Waals surface area contributed by atoms with E-state index in [0.717, 1.165) is 11.3 Å². The lowest BCUT2D eigenvalue weighted by atomic mass is 10.2. The highest BCUT2D eigenvalue weighted by Gasteiger charge is 2.08. The average molecular weight is 310 g/mol. The van der Waals surface area contributed by atoms with Crippen LogP contribution in [0.5, 0.6) is 5.75 Å². The fourth-order valence-electron chi connectivity index (χ4n) is 1.74. The van der Waals surface area contributed by atoms with Crippen molar-refractivity contribution in [3.05, 3.63) is 59.1 Å².